The Balaban J connectivity index is 1.63. The lowest BCUT2D eigenvalue weighted by Gasteiger charge is -2.19. The average Bonchev–Trinajstić information content (AvgIpc) is 3.25. The summed E-state index contributed by atoms with van der Waals surface area (Å²) in [5, 5.41) is 11.6. The molecule has 0 spiro atoms. The van der Waals surface area contributed by atoms with Gasteiger partial charge in [-0.25, -0.2) is 0 Å². The minimum Gasteiger partial charge on any atom is -0.347 e. The molecular formula is C18H21N5O. The molecule has 3 rings (SSSR count). The number of carbonyl (C=O) groups excluding carboxylic acids is 1. The molecule has 24 heavy (non-hydrogen) atoms. The van der Waals surface area contributed by atoms with Crippen LogP contribution in [0.4, 0.5) is 0 Å². The fourth-order valence-corrected chi connectivity index (χ4v) is 2.59. The number of benzene rings is 1. The molecule has 3 aromatic rings. The molecular weight excluding hydrogens is 302 g/mol. The predicted molar refractivity (Wildman–Crippen MR) is 91.1 cm³/mol. The molecule has 1 amide bonds. The summed E-state index contributed by atoms with van der Waals surface area (Å²) in [6.45, 7) is 3.11. The molecule has 0 saturated carbocycles. The van der Waals surface area contributed by atoms with E-state index in [1.54, 1.807) is 10.9 Å². The maximum atomic E-state index is 12.4. The number of nitrogens with zero attached hydrogens (tertiary/aromatic N) is 4. The van der Waals surface area contributed by atoms with Crippen LogP contribution in [-0.4, -0.2) is 25.5 Å². The molecule has 0 radical (unpaired) electrons. The van der Waals surface area contributed by atoms with Crippen molar-refractivity contribution in [1.29, 1.82) is 0 Å². The van der Waals surface area contributed by atoms with Gasteiger partial charge < -0.3 is 5.32 Å². The average molecular weight is 323 g/mol. The maximum absolute atomic E-state index is 12.4. The van der Waals surface area contributed by atoms with Gasteiger partial charge >= 0.3 is 0 Å². The summed E-state index contributed by atoms with van der Waals surface area (Å²) in [5.41, 5.74) is 2.02. The number of aryl methyl sites for hydroxylation is 2. The van der Waals surface area contributed by atoms with E-state index in [1.807, 2.05) is 66.5 Å². The van der Waals surface area contributed by atoms with E-state index in [0.29, 0.717) is 19.5 Å². The normalized spacial score (nSPS) is 12.0. The molecule has 124 valence electrons. The Bertz CT molecular complexity index is 764. The lowest BCUT2D eigenvalue weighted by Crippen LogP contribution is -2.32. The summed E-state index contributed by atoms with van der Waals surface area (Å²) in [6.07, 6.45) is 5.92. The Labute approximate surface area is 141 Å². The highest BCUT2D eigenvalue weighted by molar-refractivity contribution is 5.76. The predicted octanol–water partition coefficient (Wildman–Crippen LogP) is 2.34. The third kappa shape index (κ3) is 4.32. The van der Waals surface area contributed by atoms with Crippen molar-refractivity contribution in [2.24, 2.45) is 0 Å². The molecule has 1 aromatic carbocycles. The van der Waals surface area contributed by atoms with Crippen molar-refractivity contribution in [2.45, 2.75) is 32.5 Å². The molecule has 0 aliphatic rings. The van der Waals surface area contributed by atoms with Gasteiger partial charge in [0, 0.05) is 31.6 Å². The molecule has 0 aliphatic heterocycles. The van der Waals surface area contributed by atoms with Gasteiger partial charge in [-0.3, -0.25) is 14.2 Å². The fourth-order valence-electron chi connectivity index (χ4n) is 2.59. The van der Waals surface area contributed by atoms with Gasteiger partial charge in [-0.1, -0.05) is 30.3 Å². The van der Waals surface area contributed by atoms with Crippen LogP contribution in [0.25, 0.3) is 0 Å². The van der Waals surface area contributed by atoms with Gasteiger partial charge in [0.1, 0.15) is 0 Å². The highest BCUT2D eigenvalue weighted by Gasteiger charge is 2.15. The molecule has 0 aliphatic carbocycles. The first kappa shape index (κ1) is 16.0. The lowest BCUT2D eigenvalue weighted by molar-refractivity contribution is -0.122. The number of amides is 1. The Morgan fingerprint density at radius 3 is 2.62 bits per heavy atom. The van der Waals surface area contributed by atoms with Crippen molar-refractivity contribution in [3.63, 3.8) is 0 Å². The molecule has 2 aromatic heterocycles. The molecule has 0 bridgehead atoms. The molecule has 0 fully saturated rings. The Morgan fingerprint density at radius 2 is 1.96 bits per heavy atom. The number of nitrogens with one attached hydrogen (secondary N) is 1. The van der Waals surface area contributed by atoms with Crippen LogP contribution in [0.1, 0.15) is 23.7 Å². The standard InChI is InChI=1S/C18H21N5O/c1-15-8-12-22(21-15)13-9-18(24)20-17(14-23-11-5-10-19-23)16-6-3-2-4-7-16/h2-8,10-12,17H,9,13-14H2,1H3,(H,20,24). The van der Waals surface area contributed by atoms with Crippen LogP contribution in [-0.2, 0) is 17.9 Å². The second-order valence-electron chi connectivity index (χ2n) is 5.73. The van der Waals surface area contributed by atoms with Crippen molar-refractivity contribution >= 4 is 5.91 Å². The van der Waals surface area contributed by atoms with Crippen LogP contribution in [0.2, 0.25) is 0 Å². The maximum Gasteiger partial charge on any atom is 0.222 e. The third-order valence-electron chi connectivity index (χ3n) is 3.81. The molecule has 6 nitrogen and oxygen atoms in total. The first-order chi connectivity index (χ1) is 11.7. The van der Waals surface area contributed by atoms with E-state index < -0.39 is 0 Å². The van der Waals surface area contributed by atoms with E-state index in [4.69, 9.17) is 0 Å². The van der Waals surface area contributed by atoms with E-state index in [1.165, 1.54) is 0 Å². The fraction of sp³-hybridized carbons (Fsp3) is 0.278. The van der Waals surface area contributed by atoms with Crippen molar-refractivity contribution in [3.05, 3.63) is 72.3 Å². The van der Waals surface area contributed by atoms with Gasteiger partial charge in [0.15, 0.2) is 0 Å². The van der Waals surface area contributed by atoms with Crippen molar-refractivity contribution < 1.29 is 4.79 Å². The van der Waals surface area contributed by atoms with Crippen LogP contribution in [0.15, 0.2) is 61.1 Å². The number of hydrogen-bond acceptors (Lipinski definition) is 3. The monoisotopic (exact) mass is 323 g/mol. The number of hydrogen-bond donors (Lipinski definition) is 1. The van der Waals surface area contributed by atoms with E-state index in [-0.39, 0.29) is 11.9 Å². The number of carbonyl (C=O) groups is 1. The summed E-state index contributed by atoms with van der Waals surface area (Å²) in [4.78, 5) is 12.4. The zero-order valence-corrected chi connectivity index (χ0v) is 13.7. The summed E-state index contributed by atoms with van der Waals surface area (Å²) >= 11 is 0. The summed E-state index contributed by atoms with van der Waals surface area (Å²) in [5.74, 6) is 0.00385. The quantitative estimate of drug-likeness (QED) is 0.726. The molecule has 1 unspecified atom stereocenters. The lowest BCUT2D eigenvalue weighted by atomic mass is 10.1. The van der Waals surface area contributed by atoms with Gasteiger partial charge in [0.05, 0.1) is 18.3 Å². The van der Waals surface area contributed by atoms with E-state index in [9.17, 15) is 4.79 Å². The first-order valence-corrected chi connectivity index (χ1v) is 8.02. The SMILES string of the molecule is Cc1ccn(CCC(=O)NC(Cn2cccn2)c2ccccc2)n1. The van der Waals surface area contributed by atoms with Gasteiger partial charge in [-0.05, 0) is 24.6 Å². The van der Waals surface area contributed by atoms with Crippen LogP contribution in [0.5, 0.6) is 0 Å². The minimum absolute atomic E-state index is 0.00385. The van der Waals surface area contributed by atoms with Crippen LogP contribution >= 0.6 is 0 Å². The molecule has 0 saturated heterocycles. The third-order valence-corrected chi connectivity index (χ3v) is 3.81. The van der Waals surface area contributed by atoms with Crippen LogP contribution in [0, 0.1) is 6.92 Å². The second kappa shape index (κ2) is 7.59. The second-order valence-corrected chi connectivity index (χ2v) is 5.73. The minimum atomic E-state index is -0.113. The van der Waals surface area contributed by atoms with Crippen LogP contribution < -0.4 is 5.32 Å². The van der Waals surface area contributed by atoms with Gasteiger partial charge in [-0.15, -0.1) is 0 Å². The highest BCUT2D eigenvalue weighted by Crippen LogP contribution is 2.15. The van der Waals surface area contributed by atoms with Gasteiger partial charge in [0.2, 0.25) is 5.91 Å². The largest absolute Gasteiger partial charge is 0.347 e. The first-order valence-electron chi connectivity index (χ1n) is 8.02. The summed E-state index contributed by atoms with van der Waals surface area (Å²) in [7, 11) is 0. The molecule has 6 heteroatoms. The van der Waals surface area contributed by atoms with E-state index >= 15 is 0 Å². The highest BCUT2D eigenvalue weighted by atomic mass is 16.1. The van der Waals surface area contributed by atoms with Crippen molar-refractivity contribution in [3.8, 4) is 0 Å². The molecule has 2 heterocycles. The van der Waals surface area contributed by atoms with E-state index in [0.717, 1.165) is 11.3 Å². The molecule has 1 N–H and O–H groups in total. The Morgan fingerprint density at radius 1 is 1.12 bits per heavy atom. The van der Waals surface area contributed by atoms with Crippen molar-refractivity contribution in [1.82, 2.24) is 24.9 Å². The summed E-state index contributed by atoms with van der Waals surface area (Å²) in [6, 6.07) is 13.7. The zero-order valence-electron chi connectivity index (χ0n) is 13.7. The summed E-state index contributed by atoms with van der Waals surface area (Å²) < 4.78 is 3.62. The van der Waals surface area contributed by atoms with Crippen LogP contribution in [0.3, 0.4) is 0 Å². The number of aromatic nitrogens is 4. The van der Waals surface area contributed by atoms with E-state index in [2.05, 4.69) is 15.5 Å². The number of rotatable bonds is 7. The zero-order chi connectivity index (χ0) is 16.8. The Kier molecular flexibility index (Phi) is 5.05. The van der Waals surface area contributed by atoms with Crippen molar-refractivity contribution in [2.75, 3.05) is 0 Å². The smallest absolute Gasteiger partial charge is 0.222 e. The molecule has 1 atom stereocenters. The topological polar surface area (TPSA) is 64.7 Å². The van der Waals surface area contributed by atoms with Gasteiger partial charge in [-0.2, -0.15) is 10.2 Å². The Hall–Kier alpha value is -2.89. The van der Waals surface area contributed by atoms with Gasteiger partial charge in [0.25, 0.3) is 0 Å².